The van der Waals surface area contributed by atoms with Crippen LogP contribution in [0.25, 0.3) is 0 Å². The number of aliphatic imine (C=N–C) groups is 1. The van der Waals surface area contributed by atoms with Crippen molar-refractivity contribution in [2.45, 2.75) is 25.8 Å². The topological polar surface area (TPSA) is 76.7 Å². The molecule has 1 rings (SSSR count). The van der Waals surface area contributed by atoms with Crippen molar-refractivity contribution < 1.29 is 9.53 Å². The summed E-state index contributed by atoms with van der Waals surface area (Å²) in [6.45, 7) is 3.15. The third kappa shape index (κ3) is 5.37. The first-order valence-corrected chi connectivity index (χ1v) is 6.50. The summed E-state index contributed by atoms with van der Waals surface area (Å²) in [5, 5.41) is 4.36. The summed E-state index contributed by atoms with van der Waals surface area (Å²) in [5.74, 6) is 0.677. The minimum atomic E-state index is -0.441. The van der Waals surface area contributed by atoms with Crippen LogP contribution in [0.2, 0.25) is 0 Å². The van der Waals surface area contributed by atoms with E-state index < -0.39 is 5.91 Å². The molecule has 1 saturated heterocycles. The van der Waals surface area contributed by atoms with Crippen LogP contribution in [-0.2, 0) is 9.53 Å². The molecule has 0 aliphatic carbocycles. The molecule has 16 heavy (non-hydrogen) atoms. The van der Waals surface area contributed by atoms with Crippen molar-refractivity contribution in [3.05, 3.63) is 0 Å². The average molecular weight is 245 g/mol. The van der Waals surface area contributed by atoms with Crippen molar-refractivity contribution in [1.82, 2.24) is 5.32 Å². The van der Waals surface area contributed by atoms with Crippen molar-refractivity contribution in [2.75, 3.05) is 25.5 Å². The van der Waals surface area contributed by atoms with Crippen LogP contribution >= 0.6 is 11.8 Å². The molecule has 0 saturated carbocycles. The lowest BCUT2D eigenvalue weighted by Crippen LogP contribution is -2.37. The highest BCUT2D eigenvalue weighted by Crippen LogP contribution is 2.15. The first kappa shape index (κ1) is 13.3. The molecule has 3 N–H and O–H groups in total. The quantitative estimate of drug-likeness (QED) is 0.662. The highest BCUT2D eigenvalue weighted by molar-refractivity contribution is 8.13. The number of rotatable bonds is 6. The summed E-state index contributed by atoms with van der Waals surface area (Å²) >= 11 is 1.74. The Morgan fingerprint density at radius 1 is 1.75 bits per heavy atom. The summed E-state index contributed by atoms with van der Waals surface area (Å²) in [5.41, 5.74) is 4.94. The van der Waals surface area contributed by atoms with Crippen molar-refractivity contribution in [1.29, 1.82) is 0 Å². The van der Waals surface area contributed by atoms with Gasteiger partial charge in [0.2, 0.25) is 5.91 Å². The summed E-state index contributed by atoms with van der Waals surface area (Å²) in [6, 6.07) is 0.548. The zero-order valence-electron chi connectivity index (χ0n) is 9.57. The van der Waals surface area contributed by atoms with Crippen molar-refractivity contribution in [3.63, 3.8) is 0 Å². The molecule has 0 bridgehead atoms. The lowest BCUT2D eigenvalue weighted by Gasteiger charge is -2.24. The molecule has 1 aliphatic heterocycles. The Hall–Kier alpha value is -0.750. The van der Waals surface area contributed by atoms with Gasteiger partial charge in [0, 0.05) is 11.8 Å². The first-order chi connectivity index (χ1) is 7.72. The van der Waals surface area contributed by atoms with Gasteiger partial charge in [-0.05, 0) is 12.8 Å². The van der Waals surface area contributed by atoms with Gasteiger partial charge in [0.15, 0.2) is 5.17 Å². The Morgan fingerprint density at radius 2 is 2.56 bits per heavy atom. The number of hydrogen-bond donors (Lipinski definition) is 2. The van der Waals surface area contributed by atoms with Crippen LogP contribution in [0, 0.1) is 0 Å². The van der Waals surface area contributed by atoms with Gasteiger partial charge in [0.05, 0.1) is 13.2 Å². The van der Waals surface area contributed by atoms with E-state index in [1.54, 1.807) is 11.8 Å². The van der Waals surface area contributed by atoms with Gasteiger partial charge in [-0.25, -0.2) is 0 Å². The Morgan fingerprint density at radius 3 is 3.25 bits per heavy atom. The minimum Gasteiger partial charge on any atom is -0.370 e. The summed E-state index contributed by atoms with van der Waals surface area (Å²) in [6.07, 6.45) is 2.32. The molecule has 0 aromatic rings. The largest absolute Gasteiger partial charge is 0.370 e. The molecule has 5 nitrogen and oxygen atoms in total. The second-order valence-electron chi connectivity index (χ2n) is 3.59. The summed E-state index contributed by atoms with van der Waals surface area (Å²) in [7, 11) is 0. The molecule has 1 heterocycles. The molecule has 92 valence electrons. The van der Waals surface area contributed by atoms with E-state index in [2.05, 4.69) is 17.2 Å². The lowest BCUT2D eigenvalue weighted by molar-refractivity contribution is -0.122. The smallest absolute Gasteiger partial charge is 0.243 e. The number of nitrogens with zero attached hydrogens (tertiary/aromatic N) is 1. The van der Waals surface area contributed by atoms with Gasteiger partial charge in [-0.15, -0.1) is 0 Å². The van der Waals surface area contributed by atoms with Gasteiger partial charge in [-0.1, -0.05) is 18.7 Å². The van der Waals surface area contributed by atoms with E-state index in [0.717, 1.165) is 17.3 Å². The molecular weight excluding hydrogens is 226 g/mol. The van der Waals surface area contributed by atoms with Crippen LogP contribution in [0.15, 0.2) is 4.99 Å². The fourth-order valence-corrected chi connectivity index (χ4v) is 2.40. The summed E-state index contributed by atoms with van der Waals surface area (Å²) in [4.78, 5) is 14.8. The number of hydrogen-bond acceptors (Lipinski definition) is 4. The molecule has 0 spiro atoms. The van der Waals surface area contributed by atoms with E-state index in [0.29, 0.717) is 19.2 Å². The summed E-state index contributed by atoms with van der Waals surface area (Å²) < 4.78 is 5.02. The zero-order chi connectivity index (χ0) is 11.8. The highest BCUT2D eigenvalue weighted by Gasteiger charge is 2.14. The SMILES string of the molecule is CCC1CCSC(=NCCOCC(N)=O)N1. The van der Waals surface area contributed by atoms with E-state index >= 15 is 0 Å². The predicted octanol–water partition coefficient (Wildman–Crippen LogP) is 0.349. The maximum Gasteiger partial charge on any atom is 0.243 e. The fourth-order valence-electron chi connectivity index (χ4n) is 1.37. The molecule has 0 aromatic heterocycles. The molecule has 0 aromatic carbocycles. The predicted molar refractivity (Wildman–Crippen MR) is 66.6 cm³/mol. The van der Waals surface area contributed by atoms with Crippen LogP contribution in [0.4, 0.5) is 0 Å². The number of thioether (sulfide) groups is 1. The van der Waals surface area contributed by atoms with Crippen molar-refractivity contribution in [2.24, 2.45) is 10.7 Å². The first-order valence-electron chi connectivity index (χ1n) is 5.52. The maximum atomic E-state index is 10.4. The number of amidine groups is 1. The Labute approximate surface area is 100 Å². The normalized spacial score (nSPS) is 23.1. The number of nitrogens with two attached hydrogens (primary N) is 1. The van der Waals surface area contributed by atoms with Gasteiger partial charge in [0.1, 0.15) is 6.61 Å². The van der Waals surface area contributed by atoms with Crippen LogP contribution in [0.1, 0.15) is 19.8 Å². The second-order valence-corrected chi connectivity index (χ2v) is 4.68. The standard InChI is InChI=1S/C10H19N3O2S/c1-2-8-3-6-16-10(13-8)12-4-5-15-7-9(11)14/h8H,2-7H2,1H3,(H2,11,14)(H,12,13). The van der Waals surface area contributed by atoms with Gasteiger partial charge < -0.3 is 15.8 Å². The maximum absolute atomic E-state index is 10.4. The third-order valence-corrected chi connectivity index (χ3v) is 3.22. The van der Waals surface area contributed by atoms with Crippen LogP contribution < -0.4 is 11.1 Å². The van der Waals surface area contributed by atoms with E-state index in [4.69, 9.17) is 10.5 Å². The monoisotopic (exact) mass is 245 g/mol. The number of nitrogens with one attached hydrogen (secondary N) is 1. The van der Waals surface area contributed by atoms with Crippen LogP contribution in [0.5, 0.6) is 0 Å². The number of primary amides is 1. The van der Waals surface area contributed by atoms with Crippen molar-refractivity contribution >= 4 is 22.8 Å². The van der Waals surface area contributed by atoms with Crippen LogP contribution in [0.3, 0.4) is 0 Å². The number of carbonyl (C=O) groups is 1. The molecule has 1 amide bonds. The second kappa shape index (κ2) is 7.51. The Balaban J connectivity index is 2.15. The van der Waals surface area contributed by atoms with Gasteiger partial charge in [-0.2, -0.15) is 0 Å². The van der Waals surface area contributed by atoms with Crippen molar-refractivity contribution in [3.8, 4) is 0 Å². The molecular formula is C10H19N3O2S. The minimum absolute atomic E-state index is 0.0248. The van der Waals surface area contributed by atoms with Gasteiger partial charge in [-0.3, -0.25) is 9.79 Å². The lowest BCUT2D eigenvalue weighted by atomic mass is 10.2. The molecule has 1 atom stereocenters. The number of carbonyl (C=O) groups excluding carboxylic acids is 1. The highest BCUT2D eigenvalue weighted by atomic mass is 32.2. The van der Waals surface area contributed by atoms with E-state index in [1.807, 2.05) is 0 Å². The number of ether oxygens (including phenoxy) is 1. The molecule has 0 radical (unpaired) electrons. The van der Waals surface area contributed by atoms with Crippen LogP contribution in [-0.4, -0.2) is 42.6 Å². The van der Waals surface area contributed by atoms with E-state index in [9.17, 15) is 4.79 Å². The molecule has 6 heteroatoms. The third-order valence-electron chi connectivity index (χ3n) is 2.26. The van der Waals surface area contributed by atoms with Gasteiger partial charge >= 0.3 is 0 Å². The van der Waals surface area contributed by atoms with E-state index in [-0.39, 0.29) is 6.61 Å². The molecule has 1 unspecified atom stereocenters. The number of amides is 1. The molecule has 1 fully saturated rings. The molecule has 1 aliphatic rings. The average Bonchev–Trinajstić information content (AvgIpc) is 2.28. The van der Waals surface area contributed by atoms with E-state index in [1.165, 1.54) is 6.42 Å². The van der Waals surface area contributed by atoms with Gasteiger partial charge in [0.25, 0.3) is 0 Å². The zero-order valence-corrected chi connectivity index (χ0v) is 10.4. The Kier molecular flexibility index (Phi) is 6.25. The fraction of sp³-hybridized carbons (Fsp3) is 0.800. The Bertz CT molecular complexity index is 258.